The monoisotopic (exact) mass is 354 g/mol. The van der Waals surface area contributed by atoms with Crippen LogP contribution in [0.15, 0.2) is 48.5 Å². The molecular weight excluding hydrogens is 332 g/mol. The van der Waals surface area contributed by atoms with Crippen LogP contribution in [0.4, 0.5) is 0 Å². The number of imidazole rings is 1. The molecule has 0 aliphatic heterocycles. The largest absolute Gasteiger partial charge is 0.847 e. The van der Waals surface area contributed by atoms with Gasteiger partial charge in [-0.3, -0.25) is 0 Å². The summed E-state index contributed by atoms with van der Waals surface area (Å²) in [5.41, 5.74) is 2.58. The van der Waals surface area contributed by atoms with Crippen molar-refractivity contribution in [1.82, 2.24) is 4.57 Å². The van der Waals surface area contributed by atoms with E-state index < -0.39 is 12.1 Å². The first-order valence-electron chi connectivity index (χ1n) is 8.42. The van der Waals surface area contributed by atoms with Crippen molar-refractivity contribution in [3.8, 4) is 5.75 Å². The molecule has 0 aliphatic rings. The van der Waals surface area contributed by atoms with Crippen molar-refractivity contribution in [2.75, 3.05) is 13.7 Å². The number of hydrogen-bond acceptors (Lipinski definition) is 4. The highest BCUT2D eigenvalue weighted by molar-refractivity contribution is 5.89. The van der Waals surface area contributed by atoms with Crippen LogP contribution in [-0.2, 0) is 18.3 Å². The Balaban J connectivity index is 1.66. The Morgan fingerprint density at radius 3 is 2.58 bits per heavy atom. The lowest BCUT2D eigenvalue weighted by Gasteiger charge is -2.21. The minimum Gasteiger partial charge on any atom is -0.847 e. The average molecular weight is 354 g/mol. The topological polar surface area (TPSA) is 67.4 Å². The third kappa shape index (κ3) is 3.55. The van der Waals surface area contributed by atoms with Crippen molar-refractivity contribution >= 4 is 17.0 Å². The van der Waals surface area contributed by atoms with E-state index in [1.54, 1.807) is 24.3 Å². The van der Waals surface area contributed by atoms with Gasteiger partial charge in [0.05, 0.1) is 32.9 Å². The molecule has 1 aromatic heterocycles. The first-order chi connectivity index (χ1) is 12.5. The number of esters is 1. The van der Waals surface area contributed by atoms with Gasteiger partial charge in [-0.1, -0.05) is 18.2 Å². The molecule has 6 nitrogen and oxygen atoms in total. The number of carbonyl (C=O) groups is 1. The van der Waals surface area contributed by atoms with Crippen LogP contribution in [0.25, 0.3) is 11.0 Å². The number of aryl methyl sites for hydroxylation is 1. The quantitative estimate of drug-likeness (QED) is 0.495. The van der Waals surface area contributed by atoms with Crippen LogP contribution in [0.2, 0.25) is 0 Å². The number of fused-ring (bicyclic) bond motifs is 1. The van der Waals surface area contributed by atoms with Crippen molar-refractivity contribution in [3.63, 3.8) is 0 Å². The molecule has 2 aromatic carbocycles. The SMILES string of the molecule is COC(=O)c1ccc(OCC([O-])Cn2c(C)[n+](C)c3ccccc32)cc1. The number of hydrogen-bond donors (Lipinski definition) is 0. The van der Waals surface area contributed by atoms with Gasteiger partial charge in [-0.05, 0) is 36.4 Å². The molecule has 1 unspecified atom stereocenters. The third-order valence-corrected chi connectivity index (χ3v) is 4.51. The maximum absolute atomic E-state index is 12.5. The standard InChI is InChI=1S/C20H22N2O4/c1-14-21(2)18-6-4-5-7-19(18)22(14)12-16(23)13-26-17-10-8-15(9-11-17)20(24)25-3/h4-11,16H,12-13H2,1-3H3. The summed E-state index contributed by atoms with van der Waals surface area (Å²) < 4.78 is 14.3. The number of ether oxygens (including phenoxy) is 2. The molecule has 0 bridgehead atoms. The summed E-state index contributed by atoms with van der Waals surface area (Å²) >= 11 is 0. The fourth-order valence-electron chi connectivity index (χ4n) is 2.99. The van der Waals surface area contributed by atoms with Crippen LogP contribution in [-0.4, -0.2) is 30.4 Å². The fourth-order valence-corrected chi connectivity index (χ4v) is 2.99. The fraction of sp³-hybridized carbons (Fsp3) is 0.300. The molecular formula is C20H22N2O4. The number of nitrogens with zero attached hydrogens (tertiary/aromatic N) is 2. The number of para-hydroxylation sites is 2. The normalized spacial score (nSPS) is 12.2. The maximum Gasteiger partial charge on any atom is 0.337 e. The smallest absolute Gasteiger partial charge is 0.337 e. The molecule has 0 N–H and O–H groups in total. The van der Waals surface area contributed by atoms with Crippen molar-refractivity contribution in [1.29, 1.82) is 0 Å². The lowest BCUT2D eigenvalue weighted by atomic mass is 10.2. The minimum atomic E-state index is -0.912. The van der Waals surface area contributed by atoms with E-state index in [9.17, 15) is 9.90 Å². The van der Waals surface area contributed by atoms with Gasteiger partial charge < -0.3 is 14.6 Å². The number of carbonyl (C=O) groups excluding carboxylic acids is 1. The number of benzene rings is 2. The van der Waals surface area contributed by atoms with Gasteiger partial charge in [-0.2, -0.15) is 0 Å². The number of rotatable bonds is 6. The van der Waals surface area contributed by atoms with Gasteiger partial charge in [0.15, 0.2) is 11.0 Å². The molecule has 136 valence electrons. The van der Waals surface area contributed by atoms with E-state index in [4.69, 9.17) is 4.74 Å². The lowest BCUT2D eigenvalue weighted by Crippen LogP contribution is -2.38. The highest BCUT2D eigenvalue weighted by Gasteiger charge is 2.18. The number of aromatic nitrogens is 2. The van der Waals surface area contributed by atoms with Gasteiger partial charge in [-0.25, -0.2) is 13.9 Å². The van der Waals surface area contributed by atoms with Gasteiger partial charge in [0, 0.05) is 6.92 Å². The van der Waals surface area contributed by atoms with Crippen molar-refractivity contribution in [2.45, 2.75) is 19.6 Å². The van der Waals surface area contributed by atoms with Gasteiger partial charge in [0.1, 0.15) is 5.75 Å². The molecule has 0 saturated carbocycles. The second kappa shape index (κ2) is 7.58. The zero-order valence-electron chi connectivity index (χ0n) is 15.1. The van der Waals surface area contributed by atoms with E-state index in [1.165, 1.54) is 7.11 Å². The predicted octanol–water partition coefficient (Wildman–Crippen LogP) is 1.37. The molecule has 1 atom stereocenters. The Labute approximate surface area is 152 Å². The van der Waals surface area contributed by atoms with E-state index in [0.29, 0.717) is 17.9 Å². The highest BCUT2D eigenvalue weighted by atomic mass is 16.5. The molecule has 0 spiro atoms. The Kier molecular flexibility index (Phi) is 5.23. The molecule has 0 radical (unpaired) electrons. The second-order valence-corrected chi connectivity index (χ2v) is 6.15. The molecule has 1 heterocycles. The Hall–Kier alpha value is -2.86. The van der Waals surface area contributed by atoms with Gasteiger partial charge in [0.2, 0.25) is 0 Å². The van der Waals surface area contributed by atoms with Gasteiger partial charge in [0.25, 0.3) is 5.82 Å². The van der Waals surface area contributed by atoms with Crippen LogP contribution in [0.1, 0.15) is 16.2 Å². The zero-order valence-corrected chi connectivity index (χ0v) is 15.1. The van der Waals surface area contributed by atoms with Crippen LogP contribution in [0, 0.1) is 6.92 Å². The first kappa shape index (κ1) is 17.9. The first-order valence-corrected chi connectivity index (χ1v) is 8.42. The Morgan fingerprint density at radius 1 is 1.19 bits per heavy atom. The molecule has 0 amide bonds. The highest BCUT2D eigenvalue weighted by Crippen LogP contribution is 2.15. The van der Waals surface area contributed by atoms with Crippen molar-refractivity contribution in [2.24, 2.45) is 7.05 Å². The Bertz CT molecular complexity index is 915. The van der Waals surface area contributed by atoms with E-state index >= 15 is 0 Å². The summed E-state index contributed by atoms with van der Waals surface area (Å²) in [6, 6.07) is 14.6. The lowest BCUT2D eigenvalue weighted by molar-refractivity contribution is -0.652. The molecule has 3 rings (SSSR count). The molecule has 6 heteroatoms. The maximum atomic E-state index is 12.5. The third-order valence-electron chi connectivity index (χ3n) is 4.51. The van der Waals surface area contributed by atoms with Crippen molar-refractivity contribution < 1.29 is 23.9 Å². The summed E-state index contributed by atoms with van der Waals surface area (Å²) in [6.45, 7) is 2.37. The van der Waals surface area contributed by atoms with Gasteiger partial charge in [-0.15, -0.1) is 0 Å². The van der Waals surface area contributed by atoms with Crippen LogP contribution in [0.3, 0.4) is 0 Å². The van der Waals surface area contributed by atoms with Crippen LogP contribution in [0.5, 0.6) is 5.75 Å². The minimum absolute atomic E-state index is 0.0488. The summed E-state index contributed by atoms with van der Waals surface area (Å²) in [4.78, 5) is 11.4. The molecule has 0 saturated heterocycles. The number of methoxy groups -OCH3 is 1. The van der Waals surface area contributed by atoms with Crippen LogP contribution < -0.4 is 14.4 Å². The molecule has 0 aliphatic carbocycles. The van der Waals surface area contributed by atoms with Crippen LogP contribution >= 0.6 is 0 Å². The molecule has 26 heavy (non-hydrogen) atoms. The Morgan fingerprint density at radius 2 is 1.88 bits per heavy atom. The predicted molar refractivity (Wildman–Crippen MR) is 94.9 cm³/mol. The zero-order chi connectivity index (χ0) is 18.7. The summed E-state index contributed by atoms with van der Waals surface area (Å²) in [7, 11) is 3.33. The molecule has 3 aromatic rings. The van der Waals surface area contributed by atoms with E-state index in [1.807, 2.05) is 42.8 Å². The van der Waals surface area contributed by atoms with E-state index in [2.05, 4.69) is 9.30 Å². The summed E-state index contributed by atoms with van der Waals surface area (Å²) in [6.07, 6.45) is -0.912. The van der Waals surface area contributed by atoms with E-state index in [-0.39, 0.29) is 6.61 Å². The summed E-state index contributed by atoms with van der Waals surface area (Å²) in [5, 5.41) is 12.5. The van der Waals surface area contributed by atoms with E-state index in [0.717, 1.165) is 16.9 Å². The van der Waals surface area contributed by atoms with Crippen molar-refractivity contribution in [3.05, 3.63) is 59.9 Å². The average Bonchev–Trinajstić information content (AvgIpc) is 2.91. The molecule has 0 fully saturated rings. The second-order valence-electron chi connectivity index (χ2n) is 6.15. The summed E-state index contributed by atoms with van der Waals surface area (Å²) in [5.74, 6) is 1.17. The van der Waals surface area contributed by atoms with Gasteiger partial charge >= 0.3 is 5.97 Å².